The minimum atomic E-state index is -2.77. The van der Waals surface area contributed by atoms with Crippen molar-refractivity contribution < 1.29 is 31.1 Å². The number of benzene rings is 6. The normalized spacial score (nSPS) is 14.0. The van der Waals surface area contributed by atoms with E-state index in [1.165, 1.54) is 30.6 Å². The van der Waals surface area contributed by atoms with Gasteiger partial charge in [-0.2, -0.15) is 0 Å². The average molecular weight is 999 g/mol. The molecule has 0 atom stereocenters. The second-order valence-corrected chi connectivity index (χ2v) is 15.7. The van der Waals surface area contributed by atoms with Crippen LogP contribution in [-0.2, 0) is 57.4 Å². The van der Waals surface area contributed by atoms with Crippen LogP contribution in [0.2, 0.25) is 0 Å². The van der Waals surface area contributed by atoms with Crippen molar-refractivity contribution in [1.29, 1.82) is 0 Å². The Balaban J connectivity index is 0.00000676. The molecule has 0 aliphatic carbocycles. The summed E-state index contributed by atoms with van der Waals surface area (Å²) in [5.74, 6) is 0. The molecule has 3 heterocycles. The van der Waals surface area contributed by atoms with Crippen LogP contribution in [0.3, 0.4) is 0 Å². The van der Waals surface area contributed by atoms with Crippen LogP contribution in [0.1, 0.15) is 58.2 Å². The molecule has 0 aliphatic rings. The van der Waals surface area contributed by atoms with Gasteiger partial charge in [0.2, 0.25) is 0 Å². The van der Waals surface area contributed by atoms with Gasteiger partial charge in [0.15, 0.2) is 0 Å². The summed E-state index contributed by atoms with van der Waals surface area (Å²) >= 11 is 0. The summed E-state index contributed by atoms with van der Waals surface area (Å²) in [6, 6.07) is 62.9. The van der Waals surface area contributed by atoms with Gasteiger partial charge in [-0.3, -0.25) is 0 Å². The number of pyridine rings is 3. The fourth-order valence-electron chi connectivity index (χ4n) is 7.60. The SMILES string of the molecule is [2H]C([2H])(c1ccc(-c2[c-]cccc2)nc1)C([2H])([2H])c1cc(CC(C)(C)c2cnc(-c3[c-]cccc3)cc2-c2ccc(-c3ccccc3)cc2)cc(C([2H])([2H])C([2H])([2H])c2ccc(-c3[c-]cccc3)nc2)c1.[Ir+3]. The Kier molecular flexibility index (Phi) is 10.8. The molecule has 308 valence electrons. The van der Waals surface area contributed by atoms with Gasteiger partial charge in [-0.15, -0.1) is 108 Å². The Morgan fingerprint density at radius 1 is 0.429 bits per heavy atom. The van der Waals surface area contributed by atoms with Crippen molar-refractivity contribution in [2.45, 2.75) is 51.2 Å². The molecule has 9 rings (SSSR count). The second-order valence-electron chi connectivity index (χ2n) is 15.7. The standard InChI is InChI=1S/C59H48N3.Ir/c1-59(2,55-42-62-58(53-21-13-6-14-22-53)38-54(55)50-31-29-49(30-32-50)48-15-7-3-8-16-48)39-47-36-45(25-23-43-27-33-56(60-40-43)51-17-9-4-10-18-51)35-46(37-47)26-24-44-28-34-57(61-41-44)52-19-11-5-12-20-52;/h3-17,19,21,27-38,40-42H,23-26,39H2,1-2H3;/q-3;+3/i23D2,24D2,25D2,26D2;. The quantitative estimate of drug-likeness (QED) is 0.102. The molecular weight excluding hydrogens is 943 g/mol. The molecule has 4 heteroatoms. The van der Waals surface area contributed by atoms with Crippen LogP contribution >= 0.6 is 0 Å². The largest absolute Gasteiger partial charge is 3.00 e. The van der Waals surface area contributed by atoms with E-state index in [0.717, 1.165) is 39.1 Å². The summed E-state index contributed by atoms with van der Waals surface area (Å²) in [5, 5.41) is 0. The predicted octanol–water partition coefficient (Wildman–Crippen LogP) is 13.7. The number of aromatic nitrogens is 3. The third-order valence-corrected chi connectivity index (χ3v) is 10.8. The number of aryl methyl sites for hydroxylation is 4. The summed E-state index contributed by atoms with van der Waals surface area (Å²) in [5.41, 5.74) is 8.30. The van der Waals surface area contributed by atoms with Gasteiger partial charge in [0, 0.05) is 29.6 Å². The van der Waals surface area contributed by atoms with Crippen molar-refractivity contribution in [3.8, 4) is 56.0 Å². The molecular formula is C59H48IrN3. The zero-order valence-corrected chi connectivity index (χ0v) is 37.3. The van der Waals surface area contributed by atoms with E-state index in [-0.39, 0.29) is 48.8 Å². The first-order valence-electron chi connectivity index (χ1n) is 24.6. The molecule has 0 saturated carbocycles. The minimum Gasteiger partial charge on any atom is -0.304 e. The van der Waals surface area contributed by atoms with E-state index in [0.29, 0.717) is 28.1 Å². The first kappa shape index (κ1) is 34.0. The zero-order valence-electron chi connectivity index (χ0n) is 42.9. The second kappa shape index (κ2) is 20.1. The van der Waals surface area contributed by atoms with Crippen molar-refractivity contribution in [3.05, 3.63) is 246 Å². The van der Waals surface area contributed by atoms with Crippen molar-refractivity contribution in [1.82, 2.24) is 15.0 Å². The topological polar surface area (TPSA) is 38.7 Å². The fraction of sp³-hybridized carbons (Fsp3) is 0.136. The van der Waals surface area contributed by atoms with Gasteiger partial charge in [-0.25, -0.2) is 0 Å². The molecule has 0 amide bonds. The van der Waals surface area contributed by atoms with Crippen LogP contribution < -0.4 is 0 Å². The van der Waals surface area contributed by atoms with Crippen molar-refractivity contribution in [2.24, 2.45) is 0 Å². The third kappa shape index (κ3) is 10.7. The summed E-state index contributed by atoms with van der Waals surface area (Å²) in [4.78, 5) is 13.9. The van der Waals surface area contributed by atoms with Crippen LogP contribution in [-0.4, -0.2) is 15.0 Å². The van der Waals surface area contributed by atoms with Crippen LogP contribution in [0.4, 0.5) is 0 Å². The molecule has 0 bridgehead atoms. The Morgan fingerprint density at radius 2 is 0.873 bits per heavy atom. The van der Waals surface area contributed by atoms with E-state index < -0.39 is 30.9 Å². The molecule has 0 unspecified atom stereocenters. The molecule has 3 aromatic heterocycles. The Hall–Kier alpha value is -6.58. The first-order valence-corrected chi connectivity index (χ1v) is 20.6. The Bertz CT molecular complexity index is 3100. The Labute approximate surface area is 397 Å². The number of rotatable bonds is 14. The van der Waals surface area contributed by atoms with E-state index >= 15 is 0 Å². The maximum atomic E-state index is 9.59. The van der Waals surface area contributed by atoms with Gasteiger partial charge < -0.3 is 15.0 Å². The van der Waals surface area contributed by atoms with Crippen LogP contribution in [0.5, 0.6) is 0 Å². The summed E-state index contributed by atoms with van der Waals surface area (Å²) in [6.45, 7) is 4.09. The smallest absolute Gasteiger partial charge is 0.304 e. The molecule has 0 N–H and O–H groups in total. The van der Waals surface area contributed by atoms with Crippen molar-refractivity contribution in [2.75, 3.05) is 0 Å². The summed E-state index contributed by atoms with van der Waals surface area (Å²) < 4.78 is 75.9. The molecule has 0 radical (unpaired) electrons. The van der Waals surface area contributed by atoms with Gasteiger partial charge in [0.1, 0.15) is 0 Å². The Morgan fingerprint density at radius 3 is 1.37 bits per heavy atom. The van der Waals surface area contributed by atoms with Crippen LogP contribution in [0.15, 0.2) is 195 Å². The van der Waals surface area contributed by atoms with Crippen LogP contribution in [0, 0.1) is 18.2 Å². The minimum absolute atomic E-state index is 0. The summed E-state index contributed by atoms with van der Waals surface area (Å²) in [6.07, 6.45) is -6.21. The van der Waals surface area contributed by atoms with Crippen LogP contribution in [0.25, 0.3) is 56.0 Å². The average Bonchev–Trinajstić information content (AvgIpc) is 3.39. The number of nitrogens with zero attached hydrogens (tertiary/aromatic N) is 3. The summed E-state index contributed by atoms with van der Waals surface area (Å²) in [7, 11) is 0. The van der Waals surface area contributed by atoms with Crippen molar-refractivity contribution >= 4 is 0 Å². The van der Waals surface area contributed by atoms with Gasteiger partial charge in [-0.1, -0.05) is 117 Å². The van der Waals surface area contributed by atoms with Gasteiger partial charge >= 0.3 is 20.1 Å². The number of hydrogen-bond donors (Lipinski definition) is 0. The molecule has 9 aromatic rings. The molecule has 3 nitrogen and oxygen atoms in total. The fourth-order valence-corrected chi connectivity index (χ4v) is 7.60. The van der Waals surface area contributed by atoms with E-state index in [9.17, 15) is 11.0 Å². The van der Waals surface area contributed by atoms with Gasteiger partial charge in [0.05, 0.1) is 0 Å². The van der Waals surface area contributed by atoms with E-state index in [2.05, 4.69) is 64.6 Å². The van der Waals surface area contributed by atoms with E-state index in [4.69, 9.17) is 4.98 Å². The van der Waals surface area contributed by atoms with Crippen molar-refractivity contribution in [3.63, 3.8) is 0 Å². The first-order chi connectivity index (χ1) is 33.5. The molecule has 0 aliphatic heterocycles. The monoisotopic (exact) mass is 999 g/mol. The van der Waals surface area contributed by atoms with Gasteiger partial charge in [-0.05, 0) is 110 Å². The molecule has 6 aromatic carbocycles. The molecule has 0 spiro atoms. The zero-order chi connectivity index (χ0) is 49.3. The predicted molar refractivity (Wildman–Crippen MR) is 254 cm³/mol. The van der Waals surface area contributed by atoms with Gasteiger partial charge in [0.25, 0.3) is 0 Å². The third-order valence-electron chi connectivity index (χ3n) is 10.8. The number of hydrogen-bond acceptors (Lipinski definition) is 3. The van der Waals surface area contributed by atoms with E-state index in [1.54, 1.807) is 36.4 Å². The van der Waals surface area contributed by atoms with E-state index in [1.807, 2.05) is 105 Å². The molecule has 0 saturated heterocycles. The maximum absolute atomic E-state index is 9.59. The maximum Gasteiger partial charge on any atom is 3.00 e. The molecule has 0 fully saturated rings. The molecule has 63 heavy (non-hydrogen) atoms.